The monoisotopic (exact) mass is 410 g/mol. The summed E-state index contributed by atoms with van der Waals surface area (Å²) in [6, 6.07) is 14.8. The summed E-state index contributed by atoms with van der Waals surface area (Å²) in [5, 5.41) is 3.59. The number of ether oxygens (including phenoxy) is 1. The second-order valence-corrected chi connectivity index (χ2v) is 8.21. The molecule has 4 rings (SSSR count). The van der Waals surface area contributed by atoms with Crippen LogP contribution in [0.5, 0.6) is 0 Å². The average molecular weight is 411 g/mol. The normalized spacial score (nSPS) is 20.6. The smallest absolute Gasteiger partial charge is 0.193 e. The van der Waals surface area contributed by atoms with Crippen LogP contribution in [0.4, 0.5) is 0 Å². The maximum absolute atomic E-state index is 5.47. The molecule has 0 radical (unpaired) electrons. The number of hydrogen-bond donors (Lipinski definition) is 1. The van der Waals surface area contributed by atoms with Crippen molar-refractivity contribution in [3.05, 3.63) is 60.1 Å². The molecule has 2 aromatic rings. The van der Waals surface area contributed by atoms with Crippen LogP contribution in [0.3, 0.4) is 0 Å². The molecule has 0 bridgehead atoms. The van der Waals surface area contributed by atoms with E-state index in [0.717, 1.165) is 83.6 Å². The number of nitrogens with one attached hydrogen (secondary N) is 1. The molecule has 6 heteroatoms. The lowest BCUT2D eigenvalue weighted by Crippen LogP contribution is -2.42. The zero-order chi connectivity index (χ0) is 20.4. The lowest BCUT2D eigenvalue weighted by atomic mass is 9.99. The van der Waals surface area contributed by atoms with Crippen LogP contribution in [-0.2, 0) is 17.6 Å². The Morgan fingerprint density at radius 3 is 2.73 bits per heavy atom. The van der Waals surface area contributed by atoms with E-state index in [-0.39, 0.29) is 0 Å². The van der Waals surface area contributed by atoms with Crippen molar-refractivity contribution in [1.29, 1.82) is 0 Å². The van der Waals surface area contributed by atoms with Gasteiger partial charge in [0.25, 0.3) is 0 Å². The van der Waals surface area contributed by atoms with E-state index < -0.39 is 0 Å². The fourth-order valence-electron chi connectivity index (χ4n) is 4.28. The number of benzene rings is 1. The molecule has 1 aromatic heterocycles. The number of furan rings is 1. The number of nitrogens with zero attached hydrogens (tertiary/aromatic N) is 3. The Morgan fingerprint density at radius 2 is 1.93 bits per heavy atom. The molecule has 2 aliphatic heterocycles. The highest BCUT2D eigenvalue weighted by Gasteiger charge is 2.25. The van der Waals surface area contributed by atoms with Crippen LogP contribution in [0.1, 0.15) is 17.7 Å². The number of guanidine groups is 1. The molecule has 1 aromatic carbocycles. The molecule has 1 N–H and O–H groups in total. The van der Waals surface area contributed by atoms with Gasteiger partial charge in [-0.25, -0.2) is 0 Å². The fraction of sp³-hybridized carbons (Fsp3) is 0.542. The minimum atomic E-state index is 0.684. The van der Waals surface area contributed by atoms with Gasteiger partial charge in [-0.15, -0.1) is 0 Å². The van der Waals surface area contributed by atoms with Gasteiger partial charge in [0.2, 0.25) is 0 Å². The predicted molar refractivity (Wildman–Crippen MR) is 120 cm³/mol. The third kappa shape index (κ3) is 6.34. The molecule has 0 saturated carbocycles. The maximum atomic E-state index is 5.47. The van der Waals surface area contributed by atoms with Crippen molar-refractivity contribution in [2.75, 3.05) is 59.0 Å². The van der Waals surface area contributed by atoms with Gasteiger partial charge in [-0.3, -0.25) is 9.89 Å². The first-order valence-electron chi connectivity index (χ1n) is 11.3. The van der Waals surface area contributed by atoms with E-state index >= 15 is 0 Å². The Labute approximate surface area is 179 Å². The van der Waals surface area contributed by atoms with E-state index in [2.05, 4.69) is 45.4 Å². The van der Waals surface area contributed by atoms with Gasteiger partial charge < -0.3 is 19.4 Å². The molecule has 0 amide bonds. The Hall–Kier alpha value is -2.31. The predicted octanol–water partition coefficient (Wildman–Crippen LogP) is 2.66. The van der Waals surface area contributed by atoms with Gasteiger partial charge in [0.15, 0.2) is 5.96 Å². The zero-order valence-electron chi connectivity index (χ0n) is 17.8. The summed E-state index contributed by atoms with van der Waals surface area (Å²) in [4.78, 5) is 9.86. The van der Waals surface area contributed by atoms with Gasteiger partial charge >= 0.3 is 0 Å². The third-order valence-electron chi connectivity index (χ3n) is 5.97. The fourth-order valence-corrected chi connectivity index (χ4v) is 4.28. The summed E-state index contributed by atoms with van der Waals surface area (Å²) in [6.45, 7) is 8.50. The third-order valence-corrected chi connectivity index (χ3v) is 5.97. The van der Waals surface area contributed by atoms with Gasteiger partial charge in [0.1, 0.15) is 5.76 Å². The summed E-state index contributed by atoms with van der Waals surface area (Å²) in [6.07, 6.45) is 4.97. The lowest BCUT2D eigenvalue weighted by Gasteiger charge is -2.26. The quantitative estimate of drug-likeness (QED) is 0.536. The molecule has 162 valence electrons. The van der Waals surface area contributed by atoms with E-state index in [1.165, 1.54) is 12.0 Å². The first-order chi connectivity index (χ1) is 14.9. The minimum absolute atomic E-state index is 0.684. The van der Waals surface area contributed by atoms with Crippen molar-refractivity contribution in [3.8, 4) is 0 Å². The molecule has 1 unspecified atom stereocenters. The molecule has 1 atom stereocenters. The van der Waals surface area contributed by atoms with Crippen LogP contribution in [0.15, 0.2) is 58.1 Å². The molecular weight excluding hydrogens is 376 g/mol. The van der Waals surface area contributed by atoms with Crippen molar-refractivity contribution >= 4 is 5.96 Å². The molecule has 30 heavy (non-hydrogen) atoms. The Balaban J connectivity index is 1.31. The van der Waals surface area contributed by atoms with Crippen LogP contribution in [-0.4, -0.2) is 74.8 Å². The highest BCUT2D eigenvalue weighted by molar-refractivity contribution is 5.80. The number of likely N-dealkylation sites (tertiary alicyclic amines) is 1. The topological polar surface area (TPSA) is 53.2 Å². The van der Waals surface area contributed by atoms with E-state index in [9.17, 15) is 0 Å². The summed E-state index contributed by atoms with van der Waals surface area (Å²) >= 11 is 0. The molecule has 2 fully saturated rings. The number of hydrogen-bond acceptors (Lipinski definition) is 4. The average Bonchev–Trinajstić information content (AvgIpc) is 3.47. The largest absolute Gasteiger partial charge is 0.469 e. The Kier molecular flexibility index (Phi) is 7.81. The highest BCUT2D eigenvalue weighted by atomic mass is 16.5. The second kappa shape index (κ2) is 11.2. The molecule has 2 aliphatic rings. The number of rotatable bonds is 8. The van der Waals surface area contributed by atoms with Gasteiger partial charge in [-0.05, 0) is 36.5 Å². The molecule has 3 heterocycles. The first-order valence-corrected chi connectivity index (χ1v) is 11.3. The van der Waals surface area contributed by atoms with Gasteiger partial charge in [0, 0.05) is 45.7 Å². The van der Waals surface area contributed by atoms with Crippen molar-refractivity contribution in [2.45, 2.75) is 19.3 Å². The molecule has 0 aliphatic carbocycles. The number of morpholine rings is 1. The summed E-state index contributed by atoms with van der Waals surface area (Å²) < 4.78 is 10.9. The zero-order valence-corrected chi connectivity index (χ0v) is 17.8. The molecular formula is C24H34N4O2. The van der Waals surface area contributed by atoms with Crippen LogP contribution in [0.2, 0.25) is 0 Å². The standard InChI is InChI=1S/C24H34N4O2/c1-2-5-21(6-3-1)19-22-9-12-28(20-22)24(25-10-8-23-7-4-16-30-23)26-11-13-27-14-17-29-18-15-27/h1-7,16,22H,8-15,17-20H2,(H,25,26). The van der Waals surface area contributed by atoms with Crippen molar-refractivity contribution in [2.24, 2.45) is 10.9 Å². The number of aliphatic imine (C=N–C) groups is 1. The summed E-state index contributed by atoms with van der Waals surface area (Å²) in [7, 11) is 0. The van der Waals surface area contributed by atoms with Gasteiger partial charge in [-0.1, -0.05) is 30.3 Å². The van der Waals surface area contributed by atoms with E-state index in [4.69, 9.17) is 14.1 Å². The Bertz CT molecular complexity index is 757. The summed E-state index contributed by atoms with van der Waals surface area (Å²) in [5.74, 6) is 2.74. The highest BCUT2D eigenvalue weighted by Crippen LogP contribution is 2.21. The SMILES string of the molecule is c1ccc(CC2CCN(C(=NCCN3CCOCC3)NCCc3ccco3)C2)cc1. The first kappa shape index (κ1) is 20.9. The van der Waals surface area contributed by atoms with Crippen LogP contribution >= 0.6 is 0 Å². The van der Waals surface area contributed by atoms with Crippen LogP contribution < -0.4 is 5.32 Å². The van der Waals surface area contributed by atoms with E-state index in [1.54, 1.807) is 6.26 Å². The minimum Gasteiger partial charge on any atom is -0.469 e. The van der Waals surface area contributed by atoms with Gasteiger partial charge in [0.05, 0.1) is 26.0 Å². The van der Waals surface area contributed by atoms with E-state index in [1.807, 2.05) is 12.1 Å². The lowest BCUT2D eigenvalue weighted by molar-refractivity contribution is 0.0394. The second-order valence-electron chi connectivity index (χ2n) is 8.21. The van der Waals surface area contributed by atoms with Gasteiger partial charge in [-0.2, -0.15) is 0 Å². The van der Waals surface area contributed by atoms with Crippen molar-refractivity contribution < 1.29 is 9.15 Å². The van der Waals surface area contributed by atoms with E-state index in [0.29, 0.717) is 5.92 Å². The molecule has 2 saturated heterocycles. The van der Waals surface area contributed by atoms with Crippen LogP contribution in [0.25, 0.3) is 0 Å². The maximum Gasteiger partial charge on any atom is 0.193 e. The van der Waals surface area contributed by atoms with Crippen molar-refractivity contribution in [3.63, 3.8) is 0 Å². The van der Waals surface area contributed by atoms with Crippen LogP contribution in [0, 0.1) is 5.92 Å². The van der Waals surface area contributed by atoms with Crippen molar-refractivity contribution in [1.82, 2.24) is 15.1 Å². The molecule has 0 spiro atoms. The molecule has 6 nitrogen and oxygen atoms in total. The summed E-state index contributed by atoms with van der Waals surface area (Å²) in [5.41, 5.74) is 1.43. The Morgan fingerprint density at radius 1 is 1.07 bits per heavy atom.